The summed E-state index contributed by atoms with van der Waals surface area (Å²) < 4.78 is 10.9. The van der Waals surface area contributed by atoms with Gasteiger partial charge < -0.3 is 20.1 Å². The van der Waals surface area contributed by atoms with E-state index < -0.39 is 6.10 Å². The second-order valence-corrected chi connectivity index (χ2v) is 3.99. The van der Waals surface area contributed by atoms with Crippen molar-refractivity contribution in [2.75, 3.05) is 31.2 Å². The van der Waals surface area contributed by atoms with Gasteiger partial charge in [-0.25, -0.2) is 0 Å². The molecule has 2 rings (SSSR count). The van der Waals surface area contributed by atoms with Gasteiger partial charge in [-0.15, -0.1) is 0 Å². The lowest BCUT2D eigenvalue weighted by molar-refractivity contribution is -0.133. The molecule has 0 saturated carbocycles. The van der Waals surface area contributed by atoms with Crippen LogP contribution in [0.5, 0.6) is 5.75 Å². The second-order valence-electron chi connectivity index (χ2n) is 3.99. The zero-order valence-electron chi connectivity index (χ0n) is 10.5. The van der Waals surface area contributed by atoms with Crippen LogP contribution >= 0.6 is 0 Å². The van der Waals surface area contributed by atoms with Crippen molar-refractivity contribution >= 4 is 11.6 Å². The molecular formula is C13H18N2O3. The summed E-state index contributed by atoms with van der Waals surface area (Å²) in [5, 5.41) is 0. The molecule has 1 saturated heterocycles. The first-order valence-corrected chi connectivity index (χ1v) is 6.12. The summed E-state index contributed by atoms with van der Waals surface area (Å²) in [5.41, 5.74) is 6.31. The monoisotopic (exact) mass is 250 g/mol. The quantitative estimate of drug-likeness (QED) is 0.857. The van der Waals surface area contributed by atoms with Crippen LogP contribution in [0.1, 0.15) is 6.92 Å². The number of benzene rings is 1. The predicted octanol–water partition coefficient (Wildman–Crippen LogP) is 0.776. The van der Waals surface area contributed by atoms with Gasteiger partial charge in [0.05, 0.1) is 18.9 Å². The van der Waals surface area contributed by atoms with Crippen LogP contribution in [0, 0.1) is 0 Å². The van der Waals surface area contributed by atoms with Crippen LogP contribution in [-0.4, -0.2) is 38.3 Å². The molecule has 0 spiro atoms. The molecule has 1 atom stereocenters. The summed E-state index contributed by atoms with van der Waals surface area (Å²) in [5.74, 6) is 0.613. The number of carbonyl (C=O) groups excluding carboxylic acids is 1. The van der Waals surface area contributed by atoms with Crippen molar-refractivity contribution in [1.29, 1.82) is 0 Å². The summed E-state index contributed by atoms with van der Waals surface area (Å²) in [4.78, 5) is 13.9. The van der Waals surface area contributed by atoms with Crippen LogP contribution in [0.3, 0.4) is 0 Å². The van der Waals surface area contributed by atoms with Gasteiger partial charge in [-0.1, -0.05) is 12.1 Å². The predicted molar refractivity (Wildman–Crippen MR) is 68.8 cm³/mol. The van der Waals surface area contributed by atoms with Crippen molar-refractivity contribution in [1.82, 2.24) is 0 Å². The van der Waals surface area contributed by atoms with E-state index in [2.05, 4.69) is 0 Å². The van der Waals surface area contributed by atoms with Crippen LogP contribution in [0.4, 0.5) is 5.69 Å². The average molecular weight is 250 g/mol. The highest BCUT2D eigenvalue weighted by Crippen LogP contribution is 2.29. The molecule has 0 aromatic heterocycles. The second kappa shape index (κ2) is 5.84. The van der Waals surface area contributed by atoms with Gasteiger partial charge in [-0.05, 0) is 19.1 Å². The van der Waals surface area contributed by atoms with Crippen LogP contribution in [0.25, 0.3) is 0 Å². The van der Waals surface area contributed by atoms with Crippen molar-refractivity contribution in [2.45, 2.75) is 13.0 Å². The maximum absolute atomic E-state index is 12.2. The molecule has 98 valence electrons. The molecule has 18 heavy (non-hydrogen) atoms. The fourth-order valence-electron chi connectivity index (χ4n) is 2.01. The van der Waals surface area contributed by atoms with Gasteiger partial charge in [0.25, 0.3) is 5.91 Å². The number of anilines is 1. The highest BCUT2D eigenvalue weighted by atomic mass is 16.5. The normalized spacial score (nSPS) is 20.0. The molecule has 1 aromatic carbocycles. The topological polar surface area (TPSA) is 64.8 Å². The molecule has 1 unspecified atom stereocenters. The first kappa shape index (κ1) is 12.9. The minimum absolute atomic E-state index is 0.101. The van der Waals surface area contributed by atoms with E-state index >= 15 is 0 Å². The molecule has 1 amide bonds. The number of rotatable bonds is 4. The molecule has 1 heterocycles. The van der Waals surface area contributed by atoms with Crippen LogP contribution < -0.4 is 15.4 Å². The van der Waals surface area contributed by atoms with Gasteiger partial charge in [-0.3, -0.25) is 4.79 Å². The fourth-order valence-corrected chi connectivity index (χ4v) is 2.01. The van der Waals surface area contributed by atoms with Crippen LogP contribution in [-0.2, 0) is 9.53 Å². The maximum Gasteiger partial charge on any atom is 0.257 e. The molecule has 1 aliphatic rings. The van der Waals surface area contributed by atoms with E-state index in [1.807, 2.05) is 31.2 Å². The summed E-state index contributed by atoms with van der Waals surface area (Å²) in [6.07, 6.45) is -0.548. The third-order valence-electron chi connectivity index (χ3n) is 2.85. The van der Waals surface area contributed by atoms with Crippen LogP contribution in [0.15, 0.2) is 24.3 Å². The summed E-state index contributed by atoms with van der Waals surface area (Å²) in [7, 11) is 0. The Morgan fingerprint density at radius 1 is 1.50 bits per heavy atom. The molecule has 2 N–H and O–H groups in total. The lowest BCUT2D eigenvalue weighted by Gasteiger charge is -2.32. The third kappa shape index (κ3) is 2.47. The first-order chi connectivity index (χ1) is 8.77. The van der Waals surface area contributed by atoms with Gasteiger partial charge in [0.15, 0.2) is 0 Å². The number of nitrogens with zero attached hydrogens (tertiary/aromatic N) is 1. The number of hydrogen-bond acceptors (Lipinski definition) is 4. The van der Waals surface area contributed by atoms with Crippen molar-refractivity contribution in [3.8, 4) is 5.75 Å². The van der Waals surface area contributed by atoms with Gasteiger partial charge in [-0.2, -0.15) is 0 Å². The lowest BCUT2D eigenvalue weighted by Crippen LogP contribution is -2.50. The van der Waals surface area contributed by atoms with Crippen molar-refractivity contribution in [3.05, 3.63) is 24.3 Å². The van der Waals surface area contributed by atoms with Gasteiger partial charge in [0.1, 0.15) is 11.9 Å². The zero-order chi connectivity index (χ0) is 13.0. The van der Waals surface area contributed by atoms with E-state index in [1.54, 1.807) is 4.90 Å². The largest absolute Gasteiger partial charge is 0.492 e. The summed E-state index contributed by atoms with van der Waals surface area (Å²) in [6, 6.07) is 7.51. The van der Waals surface area contributed by atoms with Crippen molar-refractivity contribution < 1.29 is 14.3 Å². The molecule has 1 fully saturated rings. The molecule has 0 bridgehead atoms. The van der Waals surface area contributed by atoms with Gasteiger partial charge in [0.2, 0.25) is 0 Å². The van der Waals surface area contributed by atoms with E-state index in [4.69, 9.17) is 15.2 Å². The molecule has 0 radical (unpaired) electrons. The maximum atomic E-state index is 12.2. The number of morpholine rings is 1. The molecular weight excluding hydrogens is 232 g/mol. The Bertz CT molecular complexity index is 422. The van der Waals surface area contributed by atoms with E-state index in [1.165, 1.54) is 0 Å². The standard InChI is InChI=1S/C13H18N2O3/c1-2-17-11-6-4-3-5-10(11)15-7-8-18-12(9-14)13(15)16/h3-6,12H,2,7-9,14H2,1H3. The Labute approximate surface area is 106 Å². The third-order valence-corrected chi connectivity index (χ3v) is 2.85. The number of hydrogen-bond donors (Lipinski definition) is 1. The van der Waals surface area contributed by atoms with E-state index in [9.17, 15) is 4.79 Å². The number of ether oxygens (including phenoxy) is 2. The average Bonchev–Trinajstić information content (AvgIpc) is 2.40. The fraction of sp³-hybridized carbons (Fsp3) is 0.462. The van der Waals surface area contributed by atoms with E-state index in [-0.39, 0.29) is 12.5 Å². The number of para-hydroxylation sites is 2. The summed E-state index contributed by atoms with van der Waals surface area (Å²) in [6.45, 7) is 3.70. The minimum atomic E-state index is -0.548. The minimum Gasteiger partial charge on any atom is -0.492 e. The lowest BCUT2D eigenvalue weighted by atomic mass is 10.2. The first-order valence-electron chi connectivity index (χ1n) is 6.12. The molecule has 5 heteroatoms. The van der Waals surface area contributed by atoms with E-state index in [0.29, 0.717) is 25.5 Å². The highest BCUT2D eigenvalue weighted by Gasteiger charge is 2.30. The van der Waals surface area contributed by atoms with Crippen molar-refractivity contribution in [2.24, 2.45) is 5.73 Å². The SMILES string of the molecule is CCOc1ccccc1N1CCOC(CN)C1=O. The molecule has 1 aromatic rings. The molecule has 0 aliphatic carbocycles. The Balaban J connectivity index is 2.27. The van der Waals surface area contributed by atoms with Crippen LogP contribution in [0.2, 0.25) is 0 Å². The summed E-state index contributed by atoms with van der Waals surface area (Å²) >= 11 is 0. The number of amides is 1. The Hall–Kier alpha value is -1.59. The number of carbonyl (C=O) groups is 1. The smallest absolute Gasteiger partial charge is 0.257 e. The Morgan fingerprint density at radius 3 is 3.00 bits per heavy atom. The molecule has 5 nitrogen and oxygen atoms in total. The Kier molecular flexibility index (Phi) is 4.17. The van der Waals surface area contributed by atoms with Gasteiger partial charge >= 0.3 is 0 Å². The highest BCUT2D eigenvalue weighted by molar-refractivity contribution is 5.98. The van der Waals surface area contributed by atoms with Crippen molar-refractivity contribution in [3.63, 3.8) is 0 Å². The van der Waals surface area contributed by atoms with E-state index in [0.717, 1.165) is 5.69 Å². The number of nitrogens with two attached hydrogens (primary N) is 1. The van der Waals surface area contributed by atoms with Gasteiger partial charge in [0, 0.05) is 13.1 Å². The zero-order valence-corrected chi connectivity index (χ0v) is 10.5. The Morgan fingerprint density at radius 2 is 2.28 bits per heavy atom. The molecule has 1 aliphatic heterocycles.